The number of thiol groups is 1. The van der Waals surface area contributed by atoms with E-state index in [9.17, 15) is 0 Å². The average molecular weight is 188 g/mol. The van der Waals surface area contributed by atoms with Crippen LogP contribution in [0.25, 0.3) is 0 Å². The molecule has 0 aliphatic rings. The van der Waals surface area contributed by atoms with Gasteiger partial charge in [0, 0.05) is 0 Å². The van der Waals surface area contributed by atoms with Crippen molar-refractivity contribution in [1.82, 2.24) is 0 Å². The van der Waals surface area contributed by atoms with Crippen LogP contribution in [0.5, 0.6) is 0 Å². The van der Waals surface area contributed by atoms with Gasteiger partial charge in [0.2, 0.25) is 0 Å². The summed E-state index contributed by atoms with van der Waals surface area (Å²) < 4.78 is 0. The summed E-state index contributed by atoms with van der Waals surface area (Å²) in [6.07, 6.45) is 0. The zero-order valence-corrected chi connectivity index (χ0v) is 8.22. The summed E-state index contributed by atoms with van der Waals surface area (Å²) >= 11 is 3.74. The molecule has 58 valence electrons. The van der Waals surface area contributed by atoms with Crippen LogP contribution >= 0.6 is 17.9 Å². The fraction of sp³-hybridized carbons (Fsp3) is 1.00. The maximum absolute atomic E-state index is 9.02. The first kappa shape index (κ1) is 10.0. The Kier molecular flexibility index (Phi) is 4.51. The van der Waals surface area contributed by atoms with Crippen LogP contribution < -0.4 is 0 Å². The summed E-state index contributed by atoms with van der Waals surface area (Å²) in [5.74, 6) is 1.64. The predicted molar refractivity (Wildman–Crippen MR) is 48.8 cm³/mol. The van der Waals surface area contributed by atoms with E-state index in [0.29, 0.717) is 0 Å². The van der Waals surface area contributed by atoms with E-state index in [4.69, 9.17) is 9.79 Å². The maximum Gasteiger partial charge on any atom is 0.198 e. The van der Waals surface area contributed by atoms with Crippen molar-refractivity contribution in [3.8, 4) is 0 Å². The molecular weight excluding hydrogens is 175 g/mol. The Morgan fingerprint density at radius 3 is 1.67 bits per heavy atom. The molecule has 0 amide bonds. The molecule has 0 heterocycles. The molecule has 0 aromatic heterocycles. The molecule has 0 atom stereocenters. The molecule has 0 spiro atoms. The van der Waals surface area contributed by atoms with Crippen LogP contribution in [0.4, 0.5) is 0 Å². The van der Waals surface area contributed by atoms with E-state index < -0.39 is 5.69 Å². The molecule has 0 rings (SSSR count). The number of hydrogen-bond donors (Lipinski definition) is 3. The first-order chi connectivity index (χ1) is 4.02. The molecule has 0 fully saturated rings. The lowest BCUT2D eigenvalue weighted by Crippen LogP contribution is -1.96. The molecule has 9 heavy (non-hydrogen) atoms. The van der Waals surface area contributed by atoms with Gasteiger partial charge < -0.3 is 9.79 Å². The van der Waals surface area contributed by atoms with E-state index in [1.165, 1.54) is 0 Å². The predicted octanol–water partition coefficient (Wildman–Crippen LogP) is 1.24. The summed E-state index contributed by atoms with van der Waals surface area (Å²) in [6, 6.07) is 0. The molecule has 0 aliphatic heterocycles. The second-order valence-corrected chi connectivity index (χ2v) is 10.2. The van der Waals surface area contributed by atoms with Gasteiger partial charge in [-0.2, -0.15) is 0 Å². The zero-order chi connectivity index (χ0) is 7.49. The fourth-order valence-corrected chi connectivity index (χ4v) is 5.81. The standard InChI is InChI=1S/C4H13O2PS2/c1-3-9(4-2)7(5,6)8/h5-6,8H,3-4H2,1-2H3. The van der Waals surface area contributed by atoms with Gasteiger partial charge in [-0.15, -0.1) is 10.1 Å². The highest BCUT2D eigenvalue weighted by Gasteiger charge is 2.05. The highest BCUT2D eigenvalue weighted by Crippen LogP contribution is 2.46. The summed E-state index contributed by atoms with van der Waals surface area (Å²) in [6.45, 7) is 3.90. The van der Waals surface area contributed by atoms with Crippen molar-refractivity contribution in [3.63, 3.8) is 0 Å². The van der Waals surface area contributed by atoms with E-state index in [0.717, 1.165) is 11.5 Å². The SMILES string of the molecule is CCS(CC)=P(O)(O)S. The smallest absolute Gasteiger partial charge is 0.198 e. The molecule has 0 radical (unpaired) electrons. The van der Waals surface area contributed by atoms with Crippen molar-refractivity contribution in [2.45, 2.75) is 13.8 Å². The van der Waals surface area contributed by atoms with Crippen molar-refractivity contribution >= 4 is 28.0 Å². The maximum atomic E-state index is 9.02. The quantitative estimate of drug-likeness (QED) is 0.450. The summed E-state index contributed by atoms with van der Waals surface area (Å²) in [5, 5.41) is 0. The highest BCUT2D eigenvalue weighted by molar-refractivity contribution is 8.65. The highest BCUT2D eigenvalue weighted by atomic mass is 32.9. The molecule has 0 unspecified atom stereocenters. The van der Waals surface area contributed by atoms with Crippen LogP contribution in [-0.2, 0) is 10.1 Å². The molecule has 0 saturated heterocycles. The lowest BCUT2D eigenvalue weighted by atomic mass is 11.0. The molecular formula is C4H13O2PS2. The first-order valence-corrected chi connectivity index (χ1v) is 7.79. The molecule has 5 heteroatoms. The Morgan fingerprint density at radius 2 is 1.67 bits per heavy atom. The van der Waals surface area contributed by atoms with E-state index in [2.05, 4.69) is 12.2 Å². The van der Waals surface area contributed by atoms with Crippen molar-refractivity contribution in [3.05, 3.63) is 0 Å². The molecule has 0 aromatic carbocycles. The summed E-state index contributed by atoms with van der Waals surface area (Å²) in [4.78, 5) is 18.0. The van der Waals surface area contributed by atoms with E-state index in [1.807, 2.05) is 13.8 Å². The lowest BCUT2D eigenvalue weighted by Gasteiger charge is -2.11. The van der Waals surface area contributed by atoms with Crippen molar-refractivity contribution in [1.29, 1.82) is 0 Å². The van der Waals surface area contributed by atoms with Crippen molar-refractivity contribution in [2.75, 3.05) is 11.5 Å². The zero-order valence-electron chi connectivity index (χ0n) is 5.61. The van der Waals surface area contributed by atoms with E-state index >= 15 is 0 Å². The first-order valence-electron chi connectivity index (χ1n) is 2.77. The molecule has 2 N–H and O–H groups in total. The Bertz CT molecular complexity index is 125. The Hall–Kier alpha value is 1.05. The summed E-state index contributed by atoms with van der Waals surface area (Å²) in [7, 11) is -0.269. The van der Waals surface area contributed by atoms with Gasteiger partial charge in [-0.1, -0.05) is 26.1 Å². The third-order valence-electron chi connectivity index (χ3n) is 1.01. The monoisotopic (exact) mass is 188 g/mol. The normalized spacial score (nSPS) is 12.7. The van der Waals surface area contributed by atoms with Gasteiger partial charge in [-0.3, -0.25) is 0 Å². The van der Waals surface area contributed by atoms with Gasteiger partial charge in [0.15, 0.2) is 5.69 Å². The van der Waals surface area contributed by atoms with Gasteiger partial charge in [-0.05, 0) is 11.5 Å². The third-order valence-corrected chi connectivity index (χ3v) is 8.74. The topological polar surface area (TPSA) is 40.5 Å². The molecule has 2 nitrogen and oxygen atoms in total. The summed E-state index contributed by atoms with van der Waals surface area (Å²) in [5.41, 5.74) is -2.80. The Balaban J connectivity index is 4.40. The molecule has 0 aromatic rings. The van der Waals surface area contributed by atoms with Crippen molar-refractivity contribution in [2.24, 2.45) is 0 Å². The van der Waals surface area contributed by atoms with Gasteiger partial charge in [0.05, 0.1) is 0 Å². The van der Waals surface area contributed by atoms with Crippen LogP contribution in [-0.4, -0.2) is 21.3 Å². The van der Waals surface area contributed by atoms with E-state index in [1.54, 1.807) is 0 Å². The average Bonchev–Trinajstić information content (AvgIpc) is 1.65. The number of rotatable bonds is 2. The van der Waals surface area contributed by atoms with E-state index in [-0.39, 0.29) is 10.1 Å². The number of hydrogen-bond acceptors (Lipinski definition) is 0. The van der Waals surface area contributed by atoms with Crippen LogP contribution in [0.1, 0.15) is 13.8 Å². The van der Waals surface area contributed by atoms with Crippen LogP contribution in [0.15, 0.2) is 0 Å². The minimum Gasteiger partial charge on any atom is -0.341 e. The Morgan fingerprint density at radius 1 is 1.33 bits per heavy atom. The lowest BCUT2D eigenvalue weighted by molar-refractivity contribution is 0.502. The van der Waals surface area contributed by atoms with Crippen LogP contribution in [0, 0.1) is 0 Å². The van der Waals surface area contributed by atoms with Crippen molar-refractivity contribution < 1.29 is 9.79 Å². The van der Waals surface area contributed by atoms with Crippen LogP contribution in [0.2, 0.25) is 0 Å². The van der Waals surface area contributed by atoms with Crippen LogP contribution in [0.3, 0.4) is 0 Å². The second kappa shape index (κ2) is 4.04. The van der Waals surface area contributed by atoms with Gasteiger partial charge >= 0.3 is 0 Å². The minimum absolute atomic E-state index is 0.269. The van der Waals surface area contributed by atoms with Gasteiger partial charge in [-0.25, -0.2) is 0 Å². The second-order valence-electron chi connectivity index (χ2n) is 1.55. The van der Waals surface area contributed by atoms with Gasteiger partial charge in [0.25, 0.3) is 0 Å². The Labute approximate surface area is 63.6 Å². The third kappa shape index (κ3) is 3.68. The fourth-order valence-electron chi connectivity index (χ4n) is 0.551. The van der Waals surface area contributed by atoms with Gasteiger partial charge in [0.1, 0.15) is 0 Å². The molecule has 0 bridgehead atoms. The minimum atomic E-state index is -2.80. The largest absolute Gasteiger partial charge is 0.341 e. The molecule has 0 aliphatic carbocycles. The molecule has 0 saturated carbocycles.